The van der Waals surface area contributed by atoms with Crippen LogP contribution >= 0.6 is 0 Å². The van der Waals surface area contributed by atoms with Gasteiger partial charge in [-0.05, 0) is 61.0 Å². The fraction of sp³-hybridized carbons (Fsp3) is 0.192. The Morgan fingerprint density at radius 2 is 1.86 bits per heavy atom. The Labute approximate surface area is 206 Å². The van der Waals surface area contributed by atoms with Gasteiger partial charge >= 0.3 is 12.0 Å². The summed E-state index contributed by atoms with van der Waals surface area (Å²) < 4.78 is 18.4. The normalized spacial score (nSPS) is 15.2. The van der Waals surface area contributed by atoms with Crippen LogP contribution in [0.15, 0.2) is 73.1 Å². The summed E-state index contributed by atoms with van der Waals surface area (Å²) in [6, 6.07) is 12.9. The first kappa shape index (κ1) is 24.5. The summed E-state index contributed by atoms with van der Waals surface area (Å²) in [4.78, 5) is 57.8. The molecule has 1 fully saturated rings. The second-order valence-electron chi connectivity index (χ2n) is 7.99. The molecule has 4 amide bonds. The van der Waals surface area contributed by atoms with Gasteiger partial charge in [0.2, 0.25) is 5.91 Å². The number of urea groups is 1. The van der Waals surface area contributed by atoms with E-state index in [9.17, 15) is 23.6 Å². The molecule has 9 nitrogen and oxygen atoms in total. The van der Waals surface area contributed by atoms with Crippen LogP contribution in [-0.4, -0.2) is 46.3 Å². The van der Waals surface area contributed by atoms with E-state index in [-0.39, 0.29) is 30.8 Å². The number of aromatic nitrogens is 1. The summed E-state index contributed by atoms with van der Waals surface area (Å²) in [5.41, 5.74) is 1.48. The van der Waals surface area contributed by atoms with Crippen molar-refractivity contribution in [2.24, 2.45) is 0 Å². The third-order valence-corrected chi connectivity index (χ3v) is 5.52. The van der Waals surface area contributed by atoms with E-state index < -0.39 is 35.7 Å². The van der Waals surface area contributed by atoms with Crippen LogP contribution in [-0.2, 0) is 20.9 Å². The number of rotatable bonds is 8. The zero-order valence-electron chi connectivity index (χ0n) is 19.4. The van der Waals surface area contributed by atoms with Gasteiger partial charge in [-0.1, -0.05) is 12.1 Å². The topological polar surface area (TPSA) is 109 Å². The van der Waals surface area contributed by atoms with Crippen LogP contribution in [0.2, 0.25) is 0 Å². The number of nitrogens with one attached hydrogen (secondary N) is 1. The fourth-order valence-corrected chi connectivity index (χ4v) is 3.86. The first-order valence-electron chi connectivity index (χ1n) is 11.2. The van der Waals surface area contributed by atoms with Crippen LogP contribution in [0, 0.1) is 5.82 Å². The molecule has 3 aromatic rings. The first-order valence-corrected chi connectivity index (χ1v) is 11.2. The maximum absolute atomic E-state index is 13.4. The Balaban J connectivity index is 1.56. The van der Waals surface area contributed by atoms with Crippen molar-refractivity contribution in [2.75, 3.05) is 16.8 Å². The Hall–Kier alpha value is -4.60. The average molecular weight is 490 g/mol. The van der Waals surface area contributed by atoms with Crippen molar-refractivity contribution in [3.8, 4) is 0 Å². The molecular weight excluding hydrogens is 467 g/mol. The lowest BCUT2D eigenvalue weighted by molar-refractivity contribution is -0.124. The predicted molar refractivity (Wildman–Crippen MR) is 128 cm³/mol. The number of benzene rings is 2. The lowest BCUT2D eigenvalue weighted by Crippen LogP contribution is -2.37. The molecule has 0 bridgehead atoms. The number of esters is 1. The number of amides is 4. The number of hydrogen-bond acceptors (Lipinski definition) is 6. The molecule has 0 radical (unpaired) electrons. The van der Waals surface area contributed by atoms with Gasteiger partial charge in [0.25, 0.3) is 5.91 Å². The monoisotopic (exact) mass is 490 g/mol. The number of nitrogens with zero attached hydrogens (tertiary/aromatic N) is 3. The standard InChI is InChI=1S/C26H23FN4O5/c1-2-36-25(34)18-6-3-7-20(13-18)29-23(32)14-22-24(33)31(21-10-8-19(27)9-11-21)26(35)30(22)16-17-5-4-12-28-15-17/h3-13,15,22H,2,14,16H2,1H3,(H,29,32)/t22-/m1/s1. The molecule has 0 saturated carbocycles. The predicted octanol–water partition coefficient (Wildman–Crippen LogP) is 3.76. The molecule has 1 aliphatic heterocycles. The number of pyridine rings is 1. The van der Waals surface area contributed by atoms with Crippen molar-refractivity contribution in [1.82, 2.24) is 9.88 Å². The molecule has 1 aromatic heterocycles. The smallest absolute Gasteiger partial charge is 0.338 e. The van der Waals surface area contributed by atoms with Gasteiger partial charge < -0.3 is 15.0 Å². The van der Waals surface area contributed by atoms with E-state index in [1.807, 2.05) is 0 Å². The third-order valence-electron chi connectivity index (χ3n) is 5.52. The van der Waals surface area contributed by atoms with E-state index in [0.717, 1.165) is 17.0 Å². The molecule has 0 aliphatic carbocycles. The first-order chi connectivity index (χ1) is 17.4. The SMILES string of the molecule is CCOC(=O)c1cccc(NC(=O)C[C@@H]2C(=O)N(c3ccc(F)cc3)C(=O)N2Cc2cccnc2)c1. The Kier molecular flexibility index (Phi) is 7.33. The molecule has 184 valence electrons. The van der Waals surface area contributed by atoms with Gasteiger partial charge in [-0.3, -0.25) is 14.6 Å². The van der Waals surface area contributed by atoms with Gasteiger partial charge in [0.1, 0.15) is 11.9 Å². The molecule has 0 spiro atoms. The second kappa shape index (κ2) is 10.8. The number of anilines is 2. The number of imide groups is 1. The van der Waals surface area contributed by atoms with Crippen LogP contribution in [0.5, 0.6) is 0 Å². The maximum Gasteiger partial charge on any atom is 0.338 e. The van der Waals surface area contributed by atoms with Crippen molar-refractivity contribution in [3.63, 3.8) is 0 Å². The molecule has 0 unspecified atom stereocenters. The van der Waals surface area contributed by atoms with Gasteiger partial charge in [0.05, 0.1) is 24.3 Å². The van der Waals surface area contributed by atoms with Crippen LogP contribution in [0.1, 0.15) is 29.3 Å². The Morgan fingerprint density at radius 1 is 1.08 bits per heavy atom. The summed E-state index contributed by atoms with van der Waals surface area (Å²) in [6.45, 7) is 1.95. The molecule has 36 heavy (non-hydrogen) atoms. The maximum atomic E-state index is 13.4. The highest BCUT2D eigenvalue weighted by atomic mass is 19.1. The molecule has 1 aliphatic rings. The Morgan fingerprint density at radius 3 is 2.56 bits per heavy atom. The second-order valence-corrected chi connectivity index (χ2v) is 7.99. The van der Waals surface area contributed by atoms with Crippen molar-refractivity contribution in [1.29, 1.82) is 0 Å². The largest absolute Gasteiger partial charge is 0.462 e. The molecule has 2 heterocycles. The molecule has 10 heteroatoms. The number of carbonyl (C=O) groups excluding carboxylic acids is 4. The van der Waals surface area contributed by atoms with Crippen molar-refractivity contribution in [2.45, 2.75) is 25.9 Å². The fourth-order valence-electron chi connectivity index (χ4n) is 3.86. The average Bonchev–Trinajstić information content (AvgIpc) is 3.09. The lowest BCUT2D eigenvalue weighted by Gasteiger charge is -2.21. The zero-order chi connectivity index (χ0) is 25.7. The highest BCUT2D eigenvalue weighted by molar-refractivity contribution is 6.22. The van der Waals surface area contributed by atoms with E-state index >= 15 is 0 Å². The van der Waals surface area contributed by atoms with Crippen LogP contribution < -0.4 is 10.2 Å². The molecule has 1 atom stereocenters. The molecule has 1 N–H and O–H groups in total. The van der Waals surface area contributed by atoms with E-state index in [2.05, 4.69) is 10.3 Å². The van der Waals surface area contributed by atoms with E-state index in [1.165, 1.54) is 23.1 Å². The number of ether oxygens (including phenoxy) is 1. The van der Waals surface area contributed by atoms with Gasteiger partial charge in [-0.15, -0.1) is 0 Å². The number of hydrogen-bond donors (Lipinski definition) is 1. The molecule has 2 aromatic carbocycles. The van der Waals surface area contributed by atoms with Crippen LogP contribution in [0.4, 0.5) is 20.6 Å². The van der Waals surface area contributed by atoms with Crippen molar-refractivity contribution >= 4 is 35.2 Å². The van der Waals surface area contributed by atoms with E-state index in [0.29, 0.717) is 11.3 Å². The minimum atomic E-state index is -1.10. The quantitative estimate of drug-likeness (QED) is 0.380. The summed E-state index contributed by atoms with van der Waals surface area (Å²) in [5.74, 6) is -2.17. The Bertz CT molecular complexity index is 1280. The lowest BCUT2D eigenvalue weighted by atomic mass is 10.1. The van der Waals surface area contributed by atoms with Gasteiger partial charge in [0.15, 0.2) is 0 Å². The van der Waals surface area contributed by atoms with Gasteiger partial charge in [-0.2, -0.15) is 0 Å². The summed E-state index contributed by atoms with van der Waals surface area (Å²) in [5, 5.41) is 2.67. The number of halogens is 1. The van der Waals surface area contributed by atoms with Gasteiger partial charge in [-0.25, -0.2) is 18.9 Å². The van der Waals surface area contributed by atoms with Crippen LogP contribution in [0.3, 0.4) is 0 Å². The van der Waals surface area contributed by atoms with Crippen molar-refractivity contribution in [3.05, 3.63) is 90.0 Å². The van der Waals surface area contributed by atoms with E-state index in [1.54, 1.807) is 49.6 Å². The number of carbonyl (C=O) groups is 4. The molecule has 1 saturated heterocycles. The minimum Gasteiger partial charge on any atom is -0.462 e. The molecule has 4 rings (SSSR count). The highest BCUT2D eigenvalue weighted by Crippen LogP contribution is 2.29. The van der Waals surface area contributed by atoms with Crippen LogP contribution in [0.25, 0.3) is 0 Å². The van der Waals surface area contributed by atoms with E-state index in [4.69, 9.17) is 4.74 Å². The highest BCUT2D eigenvalue weighted by Gasteiger charge is 2.46. The van der Waals surface area contributed by atoms with Crippen molar-refractivity contribution < 1.29 is 28.3 Å². The summed E-state index contributed by atoms with van der Waals surface area (Å²) in [7, 11) is 0. The third kappa shape index (κ3) is 5.38. The summed E-state index contributed by atoms with van der Waals surface area (Å²) in [6.07, 6.45) is 2.82. The minimum absolute atomic E-state index is 0.0480. The zero-order valence-corrected chi connectivity index (χ0v) is 19.4. The molecular formula is C26H23FN4O5. The summed E-state index contributed by atoms with van der Waals surface area (Å²) >= 11 is 0. The van der Waals surface area contributed by atoms with Gasteiger partial charge in [0, 0.05) is 24.6 Å².